The Morgan fingerprint density at radius 2 is 1.45 bits per heavy atom. The van der Waals surface area contributed by atoms with Crippen LogP contribution in [0.1, 0.15) is 34.8 Å². The molecule has 58 valence electrons. The summed E-state index contributed by atoms with van der Waals surface area (Å²) in [7, 11) is 0. The van der Waals surface area contributed by atoms with Crippen molar-refractivity contribution in [1.82, 2.24) is 8.75 Å². The Kier molecular flexibility index (Phi) is 2.09. The number of ketones is 2. The fourth-order valence-corrected chi connectivity index (χ4v) is 1.28. The van der Waals surface area contributed by atoms with Gasteiger partial charge in [-0.05, 0) is 0 Å². The third-order valence-electron chi connectivity index (χ3n) is 1.16. The summed E-state index contributed by atoms with van der Waals surface area (Å²) in [5, 5.41) is 0. The average Bonchev–Trinajstić information content (AvgIpc) is 2.32. The van der Waals surface area contributed by atoms with E-state index >= 15 is 0 Å². The normalized spacial score (nSPS) is 9.64. The molecule has 0 aliphatic heterocycles. The van der Waals surface area contributed by atoms with Gasteiger partial charge in [0.15, 0.2) is 23.0 Å². The second kappa shape index (κ2) is 2.87. The first-order valence-corrected chi connectivity index (χ1v) is 3.70. The highest BCUT2D eigenvalue weighted by Crippen LogP contribution is 2.06. The van der Waals surface area contributed by atoms with E-state index in [0.717, 1.165) is 11.7 Å². The molecular formula is C6H6N2O2S. The van der Waals surface area contributed by atoms with E-state index in [4.69, 9.17) is 0 Å². The fraction of sp³-hybridized carbons (Fsp3) is 0.333. The number of nitrogens with zero attached hydrogens (tertiary/aromatic N) is 2. The van der Waals surface area contributed by atoms with Gasteiger partial charge < -0.3 is 0 Å². The Morgan fingerprint density at radius 1 is 1.09 bits per heavy atom. The Bertz CT molecular complexity index is 277. The van der Waals surface area contributed by atoms with E-state index in [9.17, 15) is 9.59 Å². The summed E-state index contributed by atoms with van der Waals surface area (Å²) in [6.07, 6.45) is 0. The minimum atomic E-state index is -0.219. The molecule has 0 amide bonds. The summed E-state index contributed by atoms with van der Waals surface area (Å²) in [4.78, 5) is 21.6. The molecule has 1 rings (SSSR count). The lowest BCUT2D eigenvalue weighted by Crippen LogP contribution is -2.02. The number of carbonyl (C=O) groups is 2. The molecule has 0 N–H and O–H groups in total. The van der Waals surface area contributed by atoms with Crippen LogP contribution in [0.3, 0.4) is 0 Å². The summed E-state index contributed by atoms with van der Waals surface area (Å²) in [6, 6.07) is 0. The number of hydrogen-bond donors (Lipinski definition) is 0. The van der Waals surface area contributed by atoms with Crippen molar-refractivity contribution in [1.29, 1.82) is 0 Å². The van der Waals surface area contributed by atoms with Crippen LogP contribution in [0.5, 0.6) is 0 Å². The van der Waals surface area contributed by atoms with Gasteiger partial charge in [-0.25, -0.2) is 0 Å². The maximum Gasteiger partial charge on any atom is 0.181 e. The lowest BCUT2D eigenvalue weighted by Gasteiger charge is -1.88. The second-order valence-corrected chi connectivity index (χ2v) is 2.60. The molecule has 11 heavy (non-hydrogen) atoms. The molecule has 1 heterocycles. The average molecular weight is 170 g/mol. The van der Waals surface area contributed by atoms with Crippen molar-refractivity contribution in [3.05, 3.63) is 11.4 Å². The van der Waals surface area contributed by atoms with Crippen molar-refractivity contribution in [3.63, 3.8) is 0 Å². The van der Waals surface area contributed by atoms with Crippen molar-refractivity contribution >= 4 is 23.3 Å². The van der Waals surface area contributed by atoms with Crippen LogP contribution in [-0.2, 0) is 0 Å². The van der Waals surface area contributed by atoms with E-state index < -0.39 is 0 Å². The number of carbonyl (C=O) groups excluding carboxylic acids is 2. The van der Waals surface area contributed by atoms with Gasteiger partial charge in [-0.15, -0.1) is 0 Å². The molecule has 0 atom stereocenters. The number of aromatic nitrogens is 2. The van der Waals surface area contributed by atoms with Crippen molar-refractivity contribution in [2.24, 2.45) is 0 Å². The molecule has 1 aromatic heterocycles. The highest BCUT2D eigenvalue weighted by molar-refractivity contribution is 6.99. The van der Waals surface area contributed by atoms with Crippen molar-refractivity contribution in [3.8, 4) is 0 Å². The maximum atomic E-state index is 10.8. The minimum absolute atomic E-state index is 0.183. The van der Waals surface area contributed by atoms with Crippen LogP contribution in [0, 0.1) is 0 Å². The van der Waals surface area contributed by atoms with Gasteiger partial charge in [0, 0.05) is 13.8 Å². The predicted octanol–water partition coefficient (Wildman–Crippen LogP) is 0.943. The van der Waals surface area contributed by atoms with E-state index in [1.807, 2.05) is 0 Å². The van der Waals surface area contributed by atoms with E-state index in [2.05, 4.69) is 8.75 Å². The van der Waals surface area contributed by atoms with Gasteiger partial charge in [0.25, 0.3) is 0 Å². The monoisotopic (exact) mass is 170 g/mol. The van der Waals surface area contributed by atoms with E-state index in [1.54, 1.807) is 0 Å². The largest absolute Gasteiger partial charge is 0.293 e. The third-order valence-corrected chi connectivity index (χ3v) is 1.68. The summed E-state index contributed by atoms with van der Waals surface area (Å²) >= 11 is 0.881. The lowest BCUT2D eigenvalue weighted by atomic mass is 10.2. The SMILES string of the molecule is CC(=O)c1nsnc1C(C)=O. The van der Waals surface area contributed by atoms with Crippen molar-refractivity contribution in [2.45, 2.75) is 13.8 Å². The highest BCUT2D eigenvalue weighted by Gasteiger charge is 2.15. The van der Waals surface area contributed by atoms with E-state index in [1.165, 1.54) is 13.8 Å². The Hall–Kier alpha value is -1.10. The Morgan fingerprint density at radius 3 is 1.73 bits per heavy atom. The molecule has 0 saturated heterocycles. The van der Waals surface area contributed by atoms with Crippen LogP contribution >= 0.6 is 11.7 Å². The number of hydrogen-bond acceptors (Lipinski definition) is 5. The molecule has 0 aromatic carbocycles. The summed E-state index contributed by atoms with van der Waals surface area (Å²) in [5.74, 6) is -0.437. The molecule has 5 heteroatoms. The topological polar surface area (TPSA) is 59.9 Å². The zero-order valence-corrected chi connectivity index (χ0v) is 6.94. The number of rotatable bonds is 2. The summed E-state index contributed by atoms with van der Waals surface area (Å²) in [6.45, 7) is 2.73. The Balaban J connectivity index is 3.16. The van der Waals surface area contributed by atoms with Crippen LogP contribution < -0.4 is 0 Å². The molecule has 0 unspecified atom stereocenters. The van der Waals surface area contributed by atoms with E-state index in [-0.39, 0.29) is 23.0 Å². The molecule has 0 aliphatic carbocycles. The van der Waals surface area contributed by atoms with Crippen molar-refractivity contribution < 1.29 is 9.59 Å². The molecule has 0 spiro atoms. The first kappa shape index (κ1) is 8.00. The lowest BCUT2D eigenvalue weighted by molar-refractivity contribution is 0.0976. The molecular weight excluding hydrogens is 164 g/mol. The molecule has 1 aromatic rings. The highest BCUT2D eigenvalue weighted by atomic mass is 32.1. The van der Waals surface area contributed by atoms with E-state index in [0.29, 0.717) is 0 Å². The zero-order chi connectivity index (χ0) is 8.43. The smallest absolute Gasteiger partial charge is 0.181 e. The van der Waals surface area contributed by atoms with Gasteiger partial charge in [-0.1, -0.05) is 0 Å². The molecule has 4 nitrogen and oxygen atoms in total. The van der Waals surface area contributed by atoms with Crippen LogP contribution in [-0.4, -0.2) is 20.3 Å². The van der Waals surface area contributed by atoms with Gasteiger partial charge in [-0.2, -0.15) is 8.75 Å². The molecule has 0 radical (unpaired) electrons. The zero-order valence-electron chi connectivity index (χ0n) is 6.12. The van der Waals surface area contributed by atoms with Crippen LogP contribution in [0.2, 0.25) is 0 Å². The standard InChI is InChI=1S/C6H6N2O2S/c1-3(9)5-6(4(2)10)8-11-7-5/h1-2H3. The van der Waals surface area contributed by atoms with Crippen molar-refractivity contribution in [2.75, 3.05) is 0 Å². The third kappa shape index (κ3) is 1.48. The summed E-state index contributed by atoms with van der Waals surface area (Å²) in [5.41, 5.74) is 0.366. The summed E-state index contributed by atoms with van der Waals surface area (Å²) < 4.78 is 7.39. The number of Topliss-reactive ketones (excluding diaryl/α,β-unsaturated/α-hetero) is 2. The molecule has 0 aliphatic rings. The Labute approximate surface area is 67.6 Å². The van der Waals surface area contributed by atoms with Crippen LogP contribution in [0.4, 0.5) is 0 Å². The van der Waals surface area contributed by atoms with Gasteiger partial charge in [0.1, 0.15) is 0 Å². The van der Waals surface area contributed by atoms with Gasteiger partial charge in [0.05, 0.1) is 11.7 Å². The van der Waals surface area contributed by atoms with Gasteiger partial charge in [-0.3, -0.25) is 9.59 Å². The van der Waals surface area contributed by atoms with Gasteiger partial charge in [0.2, 0.25) is 0 Å². The first-order chi connectivity index (χ1) is 5.13. The minimum Gasteiger partial charge on any atom is -0.293 e. The predicted molar refractivity (Wildman–Crippen MR) is 39.9 cm³/mol. The van der Waals surface area contributed by atoms with Crippen LogP contribution in [0.15, 0.2) is 0 Å². The molecule has 0 bridgehead atoms. The second-order valence-electron chi connectivity index (χ2n) is 2.07. The first-order valence-electron chi connectivity index (χ1n) is 2.97. The maximum absolute atomic E-state index is 10.8. The molecule has 0 fully saturated rings. The van der Waals surface area contributed by atoms with Crippen LogP contribution in [0.25, 0.3) is 0 Å². The fourth-order valence-electron chi connectivity index (χ4n) is 0.651. The van der Waals surface area contributed by atoms with Gasteiger partial charge >= 0.3 is 0 Å². The molecule has 0 saturated carbocycles. The quantitative estimate of drug-likeness (QED) is 0.620.